The van der Waals surface area contributed by atoms with E-state index in [1.165, 1.54) is 0 Å². The first-order chi connectivity index (χ1) is 6.99. The molecule has 0 radical (unpaired) electrons. The Hall–Kier alpha value is -0.0700. The summed E-state index contributed by atoms with van der Waals surface area (Å²) in [5, 5.41) is 7.60. The summed E-state index contributed by atoms with van der Waals surface area (Å²) in [5.41, 5.74) is 0.971. The molecule has 0 aliphatic carbocycles. The molecule has 0 fully saturated rings. The highest BCUT2D eigenvalue weighted by molar-refractivity contribution is 14.1. The number of benzene rings is 1. The average molecular weight is 355 g/mol. The van der Waals surface area contributed by atoms with E-state index in [2.05, 4.69) is 33.2 Å². The Morgan fingerprint density at radius 3 is 2.67 bits per heavy atom. The van der Waals surface area contributed by atoms with Crippen LogP contribution in [0.3, 0.4) is 0 Å². The number of hydrogen-bond acceptors (Lipinski definition) is 1. The first kappa shape index (κ1) is 13.0. The van der Waals surface area contributed by atoms with Crippen LogP contribution in [0.5, 0.6) is 0 Å². The van der Waals surface area contributed by atoms with Crippen molar-refractivity contribution < 1.29 is 0 Å². The van der Waals surface area contributed by atoms with Crippen LogP contribution in [-0.4, -0.2) is 11.2 Å². The van der Waals surface area contributed by atoms with Gasteiger partial charge in [-0.1, -0.05) is 11.6 Å². The summed E-state index contributed by atoms with van der Waals surface area (Å²) in [7, 11) is 0. The topological polar surface area (TPSA) is 24.1 Å². The molecule has 0 heterocycles. The predicted octanol–water partition coefficient (Wildman–Crippen LogP) is 3.64. The lowest BCUT2D eigenvalue weighted by molar-refractivity contribution is 0.739. The van der Waals surface area contributed by atoms with Crippen LogP contribution in [-0.2, 0) is 0 Å². The van der Waals surface area contributed by atoms with E-state index in [0.717, 1.165) is 14.3 Å². The van der Waals surface area contributed by atoms with Crippen molar-refractivity contribution in [2.75, 3.05) is 5.32 Å². The molecule has 1 rings (SSSR count). The molecule has 0 spiro atoms. The molecule has 0 aromatic heterocycles. The van der Waals surface area contributed by atoms with E-state index >= 15 is 0 Å². The minimum Gasteiger partial charge on any atom is -0.360 e. The molecule has 2 nitrogen and oxygen atoms in total. The Labute approximate surface area is 114 Å². The van der Waals surface area contributed by atoms with Crippen LogP contribution in [0.25, 0.3) is 0 Å². The summed E-state index contributed by atoms with van der Waals surface area (Å²) in [5.74, 6) is 0. The molecule has 2 N–H and O–H groups in total. The largest absolute Gasteiger partial charge is 0.360 e. The Morgan fingerprint density at radius 2 is 2.13 bits per heavy atom. The van der Waals surface area contributed by atoms with Crippen molar-refractivity contribution in [2.24, 2.45) is 0 Å². The highest BCUT2D eigenvalue weighted by Crippen LogP contribution is 2.22. The zero-order chi connectivity index (χ0) is 11.4. The molecule has 0 saturated carbocycles. The highest BCUT2D eigenvalue weighted by atomic mass is 127. The predicted molar refractivity (Wildman–Crippen MR) is 78.7 cm³/mol. The third kappa shape index (κ3) is 4.53. The van der Waals surface area contributed by atoms with Crippen LogP contribution in [0.1, 0.15) is 13.8 Å². The summed E-state index contributed by atoms with van der Waals surface area (Å²) in [6.07, 6.45) is 0. The van der Waals surface area contributed by atoms with Gasteiger partial charge in [0.15, 0.2) is 5.11 Å². The normalized spacial score (nSPS) is 10.2. The van der Waals surface area contributed by atoms with Crippen LogP contribution >= 0.6 is 46.4 Å². The Morgan fingerprint density at radius 1 is 1.47 bits per heavy atom. The Kier molecular flexibility index (Phi) is 5.08. The van der Waals surface area contributed by atoms with Gasteiger partial charge in [-0.25, -0.2) is 0 Å². The van der Waals surface area contributed by atoms with Crippen LogP contribution in [0, 0.1) is 3.57 Å². The van der Waals surface area contributed by atoms with Crippen molar-refractivity contribution in [3.8, 4) is 0 Å². The van der Waals surface area contributed by atoms with E-state index in [4.69, 9.17) is 23.8 Å². The van der Waals surface area contributed by atoms with Gasteiger partial charge >= 0.3 is 0 Å². The molecule has 0 bridgehead atoms. The number of thiocarbonyl (C=S) groups is 1. The number of nitrogens with one attached hydrogen (secondary N) is 2. The fourth-order valence-electron chi connectivity index (χ4n) is 1.01. The molecule has 1 aromatic rings. The highest BCUT2D eigenvalue weighted by Gasteiger charge is 2.03. The summed E-state index contributed by atoms with van der Waals surface area (Å²) in [4.78, 5) is 0. The van der Waals surface area contributed by atoms with E-state index < -0.39 is 0 Å². The smallest absolute Gasteiger partial charge is 0.171 e. The molecule has 5 heteroatoms. The SMILES string of the molecule is CC(C)NC(=S)Nc1ccc(Cl)cc1I. The fraction of sp³-hybridized carbons (Fsp3) is 0.300. The van der Waals surface area contributed by atoms with Crippen molar-refractivity contribution in [1.29, 1.82) is 0 Å². The van der Waals surface area contributed by atoms with Gasteiger partial charge in [0.1, 0.15) is 0 Å². The molecular weight excluding hydrogens is 343 g/mol. The molecule has 0 atom stereocenters. The van der Waals surface area contributed by atoms with Gasteiger partial charge in [-0.05, 0) is 66.9 Å². The standard InChI is InChI=1S/C10H12ClIN2S/c1-6(2)13-10(15)14-9-4-3-7(11)5-8(9)12/h3-6H,1-2H3,(H2,13,14,15). The molecule has 0 aliphatic heterocycles. The van der Waals surface area contributed by atoms with Crippen LogP contribution in [0.4, 0.5) is 5.69 Å². The second-order valence-electron chi connectivity index (χ2n) is 3.38. The van der Waals surface area contributed by atoms with Gasteiger partial charge in [-0.2, -0.15) is 0 Å². The van der Waals surface area contributed by atoms with Crippen LogP contribution in [0.2, 0.25) is 5.02 Å². The number of hydrogen-bond donors (Lipinski definition) is 2. The minimum atomic E-state index is 0.329. The first-order valence-electron chi connectivity index (χ1n) is 4.51. The number of anilines is 1. The van der Waals surface area contributed by atoms with Gasteiger partial charge in [0.2, 0.25) is 0 Å². The van der Waals surface area contributed by atoms with Crippen molar-refractivity contribution in [3.05, 3.63) is 26.8 Å². The van der Waals surface area contributed by atoms with Gasteiger partial charge in [0.05, 0.1) is 5.69 Å². The molecule has 82 valence electrons. The van der Waals surface area contributed by atoms with Crippen LogP contribution < -0.4 is 10.6 Å². The van der Waals surface area contributed by atoms with Crippen molar-refractivity contribution in [3.63, 3.8) is 0 Å². The van der Waals surface area contributed by atoms with E-state index in [1.807, 2.05) is 32.0 Å². The molecule has 15 heavy (non-hydrogen) atoms. The summed E-state index contributed by atoms with van der Waals surface area (Å²) < 4.78 is 1.05. The summed E-state index contributed by atoms with van der Waals surface area (Å²) >= 11 is 13.2. The maximum Gasteiger partial charge on any atom is 0.171 e. The fourth-order valence-corrected chi connectivity index (χ4v) is 2.36. The minimum absolute atomic E-state index is 0.329. The van der Waals surface area contributed by atoms with Gasteiger partial charge in [-0.3, -0.25) is 0 Å². The molecule has 0 amide bonds. The molecule has 1 aromatic carbocycles. The van der Waals surface area contributed by atoms with Crippen molar-refractivity contribution >= 4 is 57.2 Å². The average Bonchev–Trinajstić information content (AvgIpc) is 2.08. The summed E-state index contributed by atoms with van der Waals surface area (Å²) in [6.45, 7) is 4.08. The maximum atomic E-state index is 5.86. The lowest BCUT2D eigenvalue weighted by Gasteiger charge is -2.14. The number of halogens is 2. The van der Waals surface area contributed by atoms with E-state index in [0.29, 0.717) is 11.2 Å². The number of rotatable bonds is 2. The maximum absolute atomic E-state index is 5.86. The lowest BCUT2D eigenvalue weighted by Crippen LogP contribution is -2.34. The lowest BCUT2D eigenvalue weighted by atomic mass is 10.3. The van der Waals surface area contributed by atoms with Gasteiger partial charge in [-0.15, -0.1) is 0 Å². The second-order valence-corrected chi connectivity index (χ2v) is 5.38. The third-order valence-corrected chi connectivity index (χ3v) is 2.95. The Bertz CT molecular complexity index is 368. The molecular formula is C10H12ClIN2S. The zero-order valence-corrected chi connectivity index (χ0v) is 12.2. The molecule has 0 saturated heterocycles. The zero-order valence-electron chi connectivity index (χ0n) is 8.47. The van der Waals surface area contributed by atoms with Gasteiger partial charge in [0.25, 0.3) is 0 Å². The van der Waals surface area contributed by atoms with E-state index in [-0.39, 0.29) is 0 Å². The quantitative estimate of drug-likeness (QED) is 0.626. The second kappa shape index (κ2) is 5.86. The molecule has 0 unspecified atom stereocenters. The Balaban J connectivity index is 2.68. The molecule has 0 aliphatic rings. The van der Waals surface area contributed by atoms with Crippen molar-refractivity contribution in [1.82, 2.24) is 5.32 Å². The third-order valence-electron chi connectivity index (χ3n) is 1.60. The van der Waals surface area contributed by atoms with Crippen LogP contribution in [0.15, 0.2) is 18.2 Å². The van der Waals surface area contributed by atoms with E-state index in [9.17, 15) is 0 Å². The summed E-state index contributed by atoms with van der Waals surface area (Å²) in [6, 6.07) is 5.97. The van der Waals surface area contributed by atoms with E-state index in [1.54, 1.807) is 0 Å². The van der Waals surface area contributed by atoms with Crippen molar-refractivity contribution in [2.45, 2.75) is 19.9 Å². The van der Waals surface area contributed by atoms with Gasteiger partial charge in [0, 0.05) is 14.6 Å². The van der Waals surface area contributed by atoms with Gasteiger partial charge < -0.3 is 10.6 Å². The first-order valence-corrected chi connectivity index (χ1v) is 6.38. The monoisotopic (exact) mass is 354 g/mol.